The average Bonchev–Trinajstić information content (AvgIpc) is 3.16. The summed E-state index contributed by atoms with van der Waals surface area (Å²) in [6, 6.07) is 14.7. The second-order valence-corrected chi connectivity index (χ2v) is 7.42. The van der Waals surface area contributed by atoms with Gasteiger partial charge in [-0.2, -0.15) is 0 Å². The summed E-state index contributed by atoms with van der Waals surface area (Å²) in [6.07, 6.45) is 7.13. The van der Waals surface area contributed by atoms with E-state index in [9.17, 15) is 0 Å². The molecule has 27 heavy (non-hydrogen) atoms. The molecule has 1 aliphatic heterocycles. The minimum atomic E-state index is 0.0709. The topological polar surface area (TPSA) is 59.7 Å². The molecule has 2 atom stereocenters. The van der Waals surface area contributed by atoms with E-state index >= 15 is 0 Å². The molecule has 0 unspecified atom stereocenters. The summed E-state index contributed by atoms with van der Waals surface area (Å²) in [5.74, 6) is 1.61. The largest absolute Gasteiger partial charge is 0.289 e. The molecule has 0 spiro atoms. The van der Waals surface area contributed by atoms with Gasteiger partial charge in [0.15, 0.2) is 5.82 Å². The summed E-state index contributed by atoms with van der Waals surface area (Å²) in [4.78, 5) is 6.71. The van der Waals surface area contributed by atoms with Crippen molar-refractivity contribution in [2.24, 2.45) is 5.92 Å². The van der Waals surface area contributed by atoms with Gasteiger partial charge in [-0.3, -0.25) is 9.88 Å². The highest BCUT2D eigenvalue weighted by atomic mass is 15.5. The van der Waals surface area contributed by atoms with Crippen LogP contribution in [0, 0.1) is 5.92 Å². The van der Waals surface area contributed by atoms with E-state index in [0.717, 1.165) is 31.9 Å². The summed E-state index contributed by atoms with van der Waals surface area (Å²) in [7, 11) is 0. The molecule has 0 saturated carbocycles. The van der Waals surface area contributed by atoms with Gasteiger partial charge in [-0.1, -0.05) is 37.3 Å². The fraction of sp³-hybridized carbons (Fsp3) is 0.429. The molecule has 0 bridgehead atoms. The third-order valence-electron chi connectivity index (χ3n) is 5.33. The first kappa shape index (κ1) is 17.8. The van der Waals surface area contributed by atoms with Crippen molar-refractivity contribution in [1.29, 1.82) is 0 Å². The zero-order valence-corrected chi connectivity index (χ0v) is 15.8. The first-order valence-electron chi connectivity index (χ1n) is 9.75. The third kappa shape index (κ3) is 4.22. The number of nitrogens with zero attached hydrogens (tertiary/aromatic N) is 6. The van der Waals surface area contributed by atoms with Gasteiger partial charge in [0.2, 0.25) is 0 Å². The van der Waals surface area contributed by atoms with Crippen molar-refractivity contribution in [3.05, 3.63) is 71.8 Å². The van der Waals surface area contributed by atoms with Crippen molar-refractivity contribution in [3.63, 3.8) is 0 Å². The van der Waals surface area contributed by atoms with E-state index in [4.69, 9.17) is 0 Å². The number of benzene rings is 1. The van der Waals surface area contributed by atoms with E-state index in [1.807, 2.05) is 23.1 Å². The lowest BCUT2D eigenvalue weighted by Crippen LogP contribution is -2.39. The van der Waals surface area contributed by atoms with E-state index in [2.05, 4.69) is 68.7 Å². The van der Waals surface area contributed by atoms with Crippen molar-refractivity contribution >= 4 is 0 Å². The van der Waals surface area contributed by atoms with E-state index < -0.39 is 0 Å². The fourth-order valence-corrected chi connectivity index (χ4v) is 3.98. The minimum absolute atomic E-state index is 0.0709. The van der Waals surface area contributed by atoms with Gasteiger partial charge in [0.25, 0.3) is 0 Å². The zero-order chi connectivity index (χ0) is 18.5. The van der Waals surface area contributed by atoms with Crippen LogP contribution in [-0.2, 0) is 13.0 Å². The predicted octanol–water partition coefficient (Wildman–Crippen LogP) is 3.13. The lowest BCUT2D eigenvalue weighted by molar-refractivity contribution is 0.141. The summed E-state index contributed by atoms with van der Waals surface area (Å²) in [5.41, 5.74) is 2.50. The average molecular weight is 362 g/mol. The third-order valence-corrected chi connectivity index (χ3v) is 5.33. The molecule has 6 nitrogen and oxygen atoms in total. The van der Waals surface area contributed by atoms with E-state index in [0.29, 0.717) is 5.92 Å². The van der Waals surface area contributed by atoms with Gasteiger partial charge in [0, 0.05) is 25.5 Å². The Kier molecular flexibility index (Phi) is 5.53. The van der Waals surface area contributed by atoms with Gasteiger partial charge in [0.05, 0.1) is 6.04 Å². The Morgan fingerprint density at radius 2 is 1.93 bits per heavy atom. The van der Waals surface area contributed by atoms with Crippen molar-refractivity contribution in [2.75, 3.05) is 13.1 Å². The number of piperidine rings is 1. The zero-order valence-electron chi connectivity index (χ0n) is 15.8. The summed E-state index contributed by atoms with van der Waals surface area (Å²) in [5, 5.41) is 12.8. The Morgan fingerprint density at radius 3 is 2.70 bits per heavy atom. The molecule has 2 aromatic heterocycles. The number of likely N-dealkylation sites (tertiary alicyclic amines) is 1. The number of aryl methyl sites for hydroxylation is 2. The van der Waals surface area contributed by atoms with Gasteiger partial charge in [0.1, 0.15) is 0 Å². The number of hydrogen-bond acceptors (Lipinski definition) is 5. The summed E-state index contributed by atoms with van der Waals surface area (Å²) < 4.78 is 1.97. The van der Waals surface area contributed by atoms with Crippen LogP contribution in [0.1, 0.15) is 42.8 Å². The van der Waals surface area contributed by atoms with Gasteiger partial charge < -0.3 is 0 Å². The highest BCUT2D eigenvalue weighted by molar-refractivity contribution is 5.23. The molecule has 0 amide bonds. The molecule has 0 N–H and O–H groups in total. The molecule has 3 aromatic rings. The Labute approximate surface area is 160 Å². The maximum Gasteiger partial charge on any atom is 0.173 e. The number of hydrogen-bond donors (Lipinski definition) is 0. The van der Waals surface area contributed by atoms with Gasteiger partial charge in [-0.15, -0.1) is 5.10 Å². The number of aromatic nitrogens is 5. The van der Waals surface area contributed by atoms with Crippen molar-refractivity contribution in [3.8, 4) is 0 Å². The minimum Gasteiger partial charge on any atom is -0.289 e. The van der Waals surface area contributed by atoms with E-state index in [-0.39, 0.29) is 6.04 Å². The first-order chi connectivity index (χ1) is 13.3. The summed E-state index contributed by atoms with van der Waals surface area (Å²) in [6.45, 7) is 5.24. The lowest BCUT2D eigenvalue weighted by Gasteiger charge is -2.36. The highest BCUT2D eigenvalue weighted by Crippen LogP contribution is 2.31. The van der Waals surface area contributed by atoms with Gasteiger partial charge in [-0.05, 0) is 65.4 Å². The maximum absolute atomic E-state index is 4.45. The number of pyridine rings is 1. The van der Waals surface area contributed by atoms with Crippen molar-refractivity contribution in [2.45, 2.75) is 38.8 Å². The van der Waals surface area contributed by atoms with Gasteiger partial charge >= 0.3 is 0 Å². The first-order valence-corrected chi connectivity index (χ1v) is 9.75. The monoisotopic (exact) mass is 362 g/mol. The molecular formula is C21H26N6. The SMILES string of the molecule is C[C@H]1CCCN([C@@H](c2ccncc2)c2nnnn2CCc2ccccc2)C1. The second-order valence-electron chi connectivity index (χ2n) is 7.42. The molecule has 1 aromatic carbocycles. The molecular weight excluding hydrogens is 336 g/mol. The van der Waals surface area contributed by atoms with Crippen LogP contribution in [0.4, 0.5) is 0 Å². The molecule has 3 heterocycles. The fourth-order valence-electron chi connectivity index (χ4n) is 3.98. The highest BCUT2D eigenvalue weighted by Gasteiger charge is 2.30. The van der Waals surface area contributed by atoms with Crippen LogP contribution >= 0.6 is 0 Å². The Balaban J connectivity index is 1.61. The van der Waals surface area contributed by atoms with Crippen LogP contribution in [0.3, 0.4) is 0 Å². The quantitative estimate of drug-likeness (QED) is 0.674. The van der Waals surface area contributed by atoms with Crippen molar-refractivity contribution < 1.29 is 0 Å². The summed E-state index contributed by atoms with van der Waals surface area (Å²) >= 11 is 0. The lowest BCUT2D eigenvalue weighted by atomic mass is 9.96. The Morgan fingerprint density at radius 1 is 1.11 bits per heavy atom. The van der Waals surface area contributed by atoms with Gasteiger partial charge in [-0.25, -0.2) is 4.68 Å². The van der Waals surface area contributed by atoms with Crippen LogP contribution in [0.2, 0.25) is 0 Å². The molecule has 140 valence electrons. The van der Waals surface area contributed by atoms with Crippen LogP contribution < -0.4 is 0 Å². The molecule has 4 rings (SSSR count). The number of tetrazole rings is 1. The van der Waals surface area contributed by atoms with Crippen LogP contribution in [0.15, 0.2) is 54.9 Å². The van der Waals surface area contributed by atoms with E-state index in [1.165, 1.54) is 24.0 Å². The Bertz CT molecular complexity index is 832. The molecule has 1 fully saturated rings. The van der Waals surface area contributed by atoms with Crippen LogP contribution in [-0.4, -0.2) is 43.2 Å². The predicted molar refractivity (Wildman–Crippen MR) is 104 cm³/mol. The van der Waals surface area contributed by atoms with Crippen molar-refractivity contribution in [1.82, 2.24) is 30.1 Å². The standard InChI is InChI=1S/C21H26N6/c1-17-6-5-14-26(16-17)20(19-9-12-22-13-10-19)21-23-24-25-27(21)15-11-18-7-3-2-4-8-18/h2-4,7-10,12-13,17,20H,5-6,11,14-16H2,1H3/t17-,20-/m0/s1. The Hall–Kier alpha value is -2.60. The van der Waals surface area contributed by atoms with E-state index in [1.54, 1.807) is 0 Å². The molecule has 0 radical (unpaired) electrons. The number of rotatable bonds is 6. The molecule has 6 heteroatoms. The smallest absolute Gasteiger partial charge is 0.173 e. The molecule has 1 saturated heterocycles. The second kappa shape index (κ2) is 8.39. The molecule has 0 aliphatic carbocycles. The maximum atomic E-state index is 4.45. The molecule has 1 aliphatic rings. The van der Waals surface area contributed by atoms with Crippen LogP contribution in [0.25, 0.3) is 0 Å². The van der Waals surface area contributed by atoms with Crippen LogP contribution in [0.5, 0.6) is 0 Å². The normalized spacial score (nSPS) is 19.1.